The molecule has 0 aliphatic carbocycles. The molecule has 0 amide bonds. The van der Waals surface area contributed by atoms with Gasteiger partial charge in [0.15, 0.2) is 5.78 Å². The van der Waals surface area contributed by atoms with Gasteiger partial charge in [-0.1, -0.05) is 24.3 Å². The van der Waals surface area contributed by atoms with Crippen LogP contribution in [0.1, 0.15) is 21.5 Å². The quantitative estimate of drug-likeness (QED) is 0.551. The Balaban J connectivity index is 1.91. The average molecular weight is 387 g/mol. The fourth-order valence-corrected chi connectivity index (χ4v) is 4.19. The van der Waals surface area contributed by atoms with Crippen LogP contribution < -0.4 is 4.74 Å². The Hall–Kier alpha value is -1.98. The predicted octanol–water partition coefficient (Wildman–Crippen LogP) is 2.26. The van der Waals surface area contributed by atoms with Crippen molar-refractivity contribution in [3.05, 3.63) is 65.2 Å². The van der Waals surface area contributed by atoms with Crippen molar-refractivity contribution >= 4 is 30.2 Å². The molecule has 1 saturated heterocycles. The maximum atomic E-state index is 12.9. The SMILES string of the molecule is N#Cc1cccc(C(=O)c2ccccc2O[C@@H]2[C@@H](O)[C@H](O)CS[C@H]2S)c1. The lowest BCUT2D eigenvalue weighted by molar-refractivity contribution is -0.0373. The van der Waals surface area contributed by atoms with Crippen molar-refractivity contribution in [3.8, 4) is 11.8 Å². The number of benzene rings is 2. The minimum Gasteiger partial charge on any atom is -0.485 e. The topological polar surface area (TPSA) is 90.6 Å². The molecule has 5 nitrogen and oxygen atoms in total. The van der Waals surface area contributed by atoms with Crippen molar-refractivity contribution in [2.75, 3.05) is 5.75 Å². The lowest BCUT2D eigenvalue weighted by Crippen LogP contribution is -2.50. The van der Waals surface area contributed by atoms with E-state index in [1.54, 1.807) is 42.5 Å². The van der Waals surface area contributed by atoms with Gasteiger partial charge >= 0.3 is 0 Å². The molecule has 0 spiro atoms. The third kappa shape index (κ3) is 3.89. The standard InChI is InChI=1S/C19H17NO4S2/c20-9-11-4-3-5-12(8-11)16(22)13-6-1-2-7-15(13)24-18-17(23)14(21)10-26-19(18)25/h1-8,14,17-19,21,23,25H,10H2/t14-,17+,18-,19-/m1/s1. The molecule has 134 valence electrons. The molecule has 26 heavy (non-hydrogen) atoms. The Morgan fingerprint density at radius 1 is 1.23 bits per heavy atom. The summed E-state index contributed by atoms with van der Waals surface area (Å²) in [5, 5.41) is 29.1. The molecule has 2 aromatic rings. The highest BCUT2D eigenvalue weighted by Crippen LogP contribution is 2.33. The van der Waals surface area contributed by atoms with Crippen LogP contribution >= 0.6 is 24.4 Å². The number of nitriles is 1. The fourth-order valence-electron chi connectivity index (χ4n) is 2.70. The summed E-state index contributed by atoms with van der Waals surface area (Å²) in [6.45, 7) is 0. The van der Waals surface area contributed by atoms with Crippen molar-refractivity contribution in [3.63, 3.8) is 0 Å². The van der Waals surface area contributed by atoms with Crippen molar-refractivity contribution in [1.29, 1.82) is 5.26 Å². The van der Waals surface area contributed by atoms with Gasteiger partial charge in [0.05, 0.1) is 27.9 Å². The Bertz CT molecular complexity index is 851. The molecular weight excluding hydrogens is 370 g/mol. The number of ketones is 1. The van der Waals surface area contributed by atoms with E-state index in [0.29, 0.717) is 28.2 Å². The summed E-state index contributed by atoms with van der Waals surface area (Å²) in [5.41, 5.74) is 1.09. The molecular formula is C19H17NO4S2. The average Bonchev–Trinajstić information content (AvgIpc) is 2.68. The highest BCUT2D eigenvalue weighted by Gasteiger charge is 2.39. The van der Waals surface area contributed by atoms with Crippen LogP contribution in [0.4, 0.5) is 0 Å². The number of carbonyl (C=O) groups excluding carboxylic acids is 1. The van der Waals surface area contributed by atoms with Gasteiger partial charge in [-0.3, -0.25) is 4.79 Å². The van der Waals surface area contributed by atoms with E-state index in [0.717, 1.165) is 0 Å². The molecule has 1 aliphatic heterocycles. The van der Waals surface area contributed by atoms with Crippen LogP contribution in [-0.2, 0) is 0 Å². The number of nitrogens with zero attached hydrogens (tertiary/aromatic N) is 1. The van der Waals surface area contributed by atoms with E-state index in [9.17, 15) is 15.0 Å². The third-order valence-electron chi connectivity index (χ3n) is 4.10. The molecule has 2 N–H and O–H groups in total. The predicted molar refractivity (Wildman–Crippen MR) is 103 cm³/mol. The van der Waals surface area contributed by atoms with Crippen LogP contribution in [0.3, 0.4) is 0 Å². The number of ether oxygens (including phenoxy) is 1. The highest BCUT2D eigenvalue weighted by molar-refractivity contribution is 8.10. The summed E-state index contributed by atoms with van der Waals surface area (Å²) in [4.78, 5) is 12.9. The van der Waals surface area contributed by atoms with Gasteiger partial charge < -0.3 is 14.9 Å². The molecule has 0 bridgehead atoms. The largest absolute Gasteiger partial charge is 0.485 e. The van der Waals surface area contributed by atoms with E-state index in [1.807, 2.05) is 6.07 Å². The molecule has 0 unspecified atom stereocenters. The molecule has 2 aromatic carbocycles. The Morgan fingerprint density at radius 3 is 2.77 bits per heavy atom. The first kappa shape index (κ1) is 18.8. The van der Waals surface area contributed by atoms with Crippen molar-refractivity contribution < 1.29 is 19.7 Å². The summed E-state index contributed by atoms with van der Waals surface area (Å²) in [7, 11) is 0. The Kier molecular flexibility index (Phi) is 5.89. The van der Waals surface area contributed by atoms with E-state index in [1.165, 1.54) is 17.8 Å². The number of carbonyl (C=O) groups is 1. The molecule has 4 atom stereocenters. The summed E-state index contributed by atoms with van der Waals surface area (Å²) in [6.07, 6.45) is -2.76. The van der Waals surface area contributed by atoms with Crippen LogP contribution in [0, 0.1) is 11.3 Å². The first-order valence-corrected chi connectivity index (χ1v) is 9.54. The number of aliphatic hydroxyl groups excluding tert-OH is 2. The van der Waals surface area contributed by atoms with Gasteiger partial charge in [-0.15, -0.1) is 11.8 Å². The van der Waals surface area contributed by atoms with Gasteiger partial charge in [0, 0.05) is 11.3 Å². The number of hydrogen-bond donors (Lipinski definition) is 3. The monoisotopic (exact) mass is 387 g/mol. The van der Waals surface area contributed by atoms with E-state index < -0.39 is 18.3 Å². The first-order chi connectivity index (χ1) is 12.5. The highest BCUT2D eigenvalue weighted by atomic mass is 32.2. The van der Waals surface area contributed by atoms with Gasteiger partial charge in [0.2, 0.25) is 0 Å². The van der Waals surface area contributed by atoms with Crippen molar-refractivity contribution in [2.45, 2.75) is 22.9 Å². The lowest BCUT2D eigenvalue weighted by Gasteiger charge is -2.36. The number of rotatable bonds is 4. The van der Waals surface area contributed by atoms with E-state index in [2.05, 4.69) is 12.6 Å². The van der Waals surface area contributed by atoms with Gasteiger partial charge in [0.25, 0.3) is 0 Å². The second-order valence-electron chi connectivity index (χ2n) is 5.88. The van der Waals surface area contributed by atoms with Crippen molar-refractivity contribution in [2.24, 2.45) is 0 Å². The Labute approximate surface area is 161 Å². The zero-order valence-corrected chi connectivity index (χ0v) is 15.4. The number of thiol groups is 1. The molecule has 1 fully saturated rings. The van der Waals surface area contributed by atoms with Gasteiger partial charge in [-0.25, -0.2) is 0 Å². The normalized spacial score (nSPS) is 25.3. The smallest absolute Gasteiger partial charge is 0.196 e. The molecule has 1 heterocycles. The van der Waals surface area contributed by atoms with E-state index in [-0.39, 0.29) is 10.4 Å². The zero-order chi connectivity index (χ0) is 18.7. The van der Waals surface area contributed by atoms with Crippen molar-refractivity contribution in [1.82, 2.24) is 0 Å². The number of hydrogen-bond acceptors (Lipinski definition) is 7. The van der Waals surface area contributed by atoms with Crippen LogP contribution in [0.5, 0.6) is 5.75 Å². The number of thioether (sulfide) groups is 1. The lowest BCUT2D eigenvalue weighted by atomic mass is 10.0. The molecule has 3 rings (SSSR count). The molecule has 0 saturated carbocycles. The van der Waals surface area contributed by atoms with Gasteiger partial charge in [0.1, 0.15) is 18.0 Å². The fraction of sp³-hybridized carbons (Fsp3) is 0.263. The second-order valence-corrected chi connectivity index (χ2v) is 7.96. The zero-order valence-electron chi connectivity index (χ0n) is 13.6. The summed E-state index contributed by atoms with van der Waals surface area (Å²) >= 11 is 5.80. The van der Waals surface area contributed by atoms with E-state index in [4.69, 9.17) is 10.00 Å². The van der Waals surface area contributed by atoms with Crippen LogP contribution in [0.25, 0.3) is 0 Å². The molecule has 0 aromatic heterocycles. The van der Waals surface area contributed by atoms with E-state index >= 15 is 0 Å². The summed E-state index contributed by atoms with van der Waals surface area (Å²) in [6, 6.07) is 15.2. The van der Waals surface area contributed by atoms with Gasteiger partial charge in [-0.2, -0.15) is 17.9 Å². The number of para-hydroxylation sites is 1. The minimum atomic E-state index is -1.09. The van der Waals surface area contributed by atoms with Crippen LogP contribution in [-0.4, -0.2) is 44.6 Å². The van der Waals surface area contributed by atoms with Crippen LogP contribution in [0.2, 0.25) is 0 Å². The minimum absolute atomic E-state index is 0.285. The summed E-state index contributed by atoms with van der Waals surface area (Å²) < 4.78 is 5.55. The Morgan fingerprint density at radius 2 is 2.00 bits per heavy atom. The molecule has 0 radical (unpaired) electrons. The van der Waals surface area contributed by atoms with Crippen LogP contribution in [0.15, 0.2) is 48.5 Å². The maximum Gasteiger partial charge on any atom is 0.196 e. The third-order valence-corrected chi connectivity index (χ3v) is 5.98. The number of aliphatic hydroxyl groups is 2. The summed E-state index contributed by atoms with van der Waals surface area (Å²) in [5.74, 6) is 0.390. The second kappa shape index (κ2) is 8.14. The van der Waals surface area contributed by atoms with Gasteiger partial charge in [-0.05, 0) is 24.3 Å². The maximum absolute atomic E-state index is 12.9. The molecule has 7 heteroatoms. The first-order valence-electron chi connectivity index (χ1n) is 7.97. The molecule has 1 aliphatic rings.